The van der Waals surface area contributed by atoms with E-state index in [2.05, 4.69) is 0 Å². The first-order valence-corrected chi connectivity index (χ1v) is 4.54. The molecule has 0 spiro atoms. The van der Waals surface area contributed by atoms with Gasteiger partial charge in [0, 0.05) is 0 Å². The van der Waals surface area contributed by atoms with Crippen LogP contribution in [0, 0.1) is 0 Å². The first-order valence-electron chi connectivity index (χ1n) is 3.29. The topological polar surface area (TPSA) is 0 Å². The highest BCUT2D eigenvalue weighted by atomic mass is 127. The summed E-state index contributed by atoms with van der Waals surface area (Å²) in [4.78, 5) is 0. The van der Waals surface area contributed by atoms with E-state index in [-0.39, 0.29) is 4.08 Å². The zero-order valence-electron chi connectivity index (χ0n) is 6.93. The van der Waals surface area contributed by atoms with E-state index in [0.717, 1.165) is 22.6 Å². The third-order valence-corrected chi connectivity index (χ3v) is 1.80. The smallest absolute Gasteiger partial charge is 0.195 e. The van der Waals surface area contributed by atoms with Crippen LogP contribution in [-0.2, 0) is 0 Å². The summed E-state index contributed by atoms with van der Waals surface area (Å²) in [6.07, 6.45) is -7.49. The lowest BCUT2D eigenvalue weighted by molar-refractivity contribution is -0.388. The third kappa shape index (κ3) is 2.40. The maximum Gasteiger partial charge on any atom is 0.460 e. The quantitative estimate of drug-likeness (QED) is 0.509. The molecule has 0 rings (SSSR count). The molecule has 96 valence electrons. The Balaban J connectivity index is 5.52. The highest BCUT2D eigenvalue weighted by Crippen LogP contribution is 2.53. The molecule has 0 unspecified atom stereocenters. The Hall–Kier alpha value is -0.160. The van der Waals surface area contributed by atoms with Crippen LogP contribution in [0.25, 0.3) is 0 Å². The van der Waals surface area contributed by atoms with Gasteiger partial charge in [-0.3, -0.25) is 0 Å². The van der Waals surface area contributed by atoms with Crippen LogP contribution >= 0.6 is 22.6 Å². The second-order valence-electron chi connectivity index (χ2n) is 2.56. The summed E-state index contributed by atoms with van der Waals surface area (Å²) in [7, 11) is 0. The second-order valence-corrected chi connectivity index (χ2v) is 3.28. The fourth-order valence-corrected chi connectivity index (χ4v) is 1.02. The van der Waals surface area contributed by atoms with Gasteiger partial charge in [-0.2, -0.15) is 39.5 Å². The van der Waals surface area contributed by atoms with Crippen LogP contribution < -0.4 is 0 Å². The van der Waals surface area contributed by atoms with Gasteiger partial charge in [-0.1, -0.05) is 22.6 Å². The van der Waals surface area contributed by atoms with E-state index in [0.29, 0.717) is 0 Å². The maximum absolute atomic E-state index is 12.4. The average molecular weight is 372 g/mol. The van der Waals surface area contributed by atoms with E-state index in [1.807, 2.05) is 0 Å². The minimum atomic E-state index is -6.82. The van der Waals surface area contributed by atoms with Crippen LogP contribution in [0.3, 0.4) is 0 Å². The van der Waals surface area contributed by atoms with Gasteiger partial charge in [-0.05, 0) is 10.2 Å². The highest BCUT2D eigenvalue weighted by Gasteiger charge is 2.81. The van der Waals surface area contributed by atoms with Crippen molar-refractivity contribution in [2.75, 3.05) is 0 Å². The second kappa shape index (κ2) is 4.26. The normalized spacial score (nSPS) is 15.9. The Bertz CT molecular complexity index is 276. The summed E-state index contributed by atoms with van der Waals surface area (Å²) < 4.78 is 109. The number of hydrogen-bond donors (Lipinski definition) is 0. The van der Waals surface area contributed by atoms with E-state index in [1.165, 1.54) is 0 Å². The van der Waals surface area contributed by atoms with Gasteiger partial charge in [-0.25, -0.2) is 0 Å². The minimum absolute atomic E-state index is 0.220. The molecule has 0 atom stereocenters. The molecule has 0 aromatic rings. The van der Waals surface area contributed by atoms with Gasteiger partial charge in [-0.15, -0.1) is 0 Å². The predicted octanol–water partition coefficient (Wildman–Crippen LogP) is 4.40. The summed E-state index contributed by atoms with van der Waals surface area (Å²) >= 11 is 0.982. The van der Waals surface area contributed by atoms with Crippen LogP contribution in [0.15, 0.2) is 10.2 Å². The molecule has 0 aromatic carbocycles. The molecule has 0 aliphatic rings. The van der Waals surface area contributed by atoms with Crippen LogP contribution in [0.1, 0.15) is 0 Å². The van der Waals surface area contributed by atoms with Gasteiger partial charge < -0.3 is 0 Å². The summed E-state index contributed by atoms with van der Waals surface area (Å²) in [5.41, 5.74) is 0. The third-order valence-electron chi connectivity index (χ3n) is 1.44. The molecule has 0 aromatic heterocycles. The first-order chi connectivity index (χ1) is 6.81. The van der Waals surface area contributed by atoms with Crippen molar-refractivity contribution in [1.29, 1.82) is 0 Å². The molecule has 0 saturated carbocycles. The van der Waals surface area contributed by atoms with Gasteiger partial charge >= 0.3 is 23.9 Å². The van der Waals surface area contributed by atoms with Crippen LogP contribution in [-0.4, -0.2) is 23.9 Å². The van der Waals surface area contributed by atoms with Gasteiger partial charge in [0.05, 0.1) is 0 Å². The van der Waals surface area contributed by atoms with Crippen molar-refractivity contribution in [2.45, 2.75) is 23.9 Å². The van der Waals surface area contributed by atoms with Crippen molar-refractivity contribution in [3.05, 3.63) is 10.2 Å². The van der Waals surface area contributed by atoms with Crippen molar-refractivity contribution >= 4 is 22.6 Å². The lowest BCUT2D eigenvalue weighted by Crippen LogP contribution is -2.60. The molecule has 0 aliphatic carbocycles. The van der Waals surface area contributed by atoms with Gasteiger partial charge in [0.1, 0.15) is 0 Å². The summed E-state index contributed by atoms with van der Waals surface area (Å²) in [6.45, 7) is 0. The molecule has 0 saturated heterocycles. The van der Waals surface area contributed by atoms with Crippen molar-refractivity contribution < 1.29 is 39.5 Å². The number of hydrogen-bond acceptors (Lipinski definition) is 0. The van der Waals surface area contributed by atoms with Crippen LogP contribution in [0.5, 0.6) is 0 Å². The lowest BCUT2D eigenvalue weighted by Gasteiger charge is -2.32. The molecule has 0 amide bonds. The Morgan fingerprint density at radius 1 is 0.688 bits per heavy atom. The molecule has 0 heterocycles. The highest BCUT2D eigenvalue weighted by molar-refractivity contribution is 14.1. The molecule has 0 nitrogen and oxygen atoms in total. The number of halogens is 10. The molecule has 0 fully saturated rings. The van der Waals surface area contributed by atoms with E-state index >= 15 is 0 Å². The Labute approximate surface area is 96.6 Å². The standard InChI is InChI=1S/C6H2F9I/c7-3(8,1-2-16)4(9,10)5(11,12)6(13,14)15/h1-2H/b2-1+. The lowest BCUT2D eigenvalue weighted by atomic mass is 10.0. The summed E-state index contributed by atoms with van der Waals surface area (Å²) in [5, 5.41) is 0. The number of allylic oxidation sites excluding steroid dienone is 1. The molecular formula is C6H2F9I. The van der Waals surface area contributed by atoms with E-state index < -0.39 is 30.0 Å². The zero-order chi connectivity index (χ0) is 13.4. The SMILES string of the molecule is FC(F)(F)C(F)(F)C(F)(F)C(F)(F)/C=C/I. The molecule has 16 heavy (non-hydrogen) atoms. The predicted molar refractivity (Wildman–Crippen MR) is 44.1 cm³/mol. The van der Waals surface area contributed by atoms with E-state index in [9.17, 15) is 39.5 Å². The maximum atomic E-state index is 12.4. The Morgan fingerprint density at radius 3 is 1.31 bits per heavy atom. The Kier molecular flexibility index (Phi) is 4.21. The van der Waals surface area contributed by atoms with Crippen molar-refractivity contribution in [3.8, 4) is 0 Å². The average Bonchev–Trinajstić information content (AvgIpc) is 2.01. The number of alkyl halides is 9. The molecular weight excluding hydrogens is 370 g/mol. The molecule has 0 radical (unpaired) electrons. The largest absolute Gasteiger partial charge is 0.460 e. The molecule has 10 heteroatoms. The van der Waals surface area contributed by atoms with E-state index in [1.54, 1.807) is 0 Å². The monoisotopic (exact) mass is 372 g/mol. The Morgan fingerprint density at radius 2 is 1.06 bits per heavy atom. The zero-order valence-corrected chi connectivity index (χ0v) is 9.09. The summed E-state index contributed by atoms with van der Waals surface area (Å²) in [6, 6.07) is 0. The van der Waals surface area contributed by atoms with Crippen molar-refractivity contribution in [1.82, 2.24) is 0 Å². The molecule has 0 aliphatic heterocycles. The summed E-state index contributed by atoms with van der Waals surface area (Å²) in [5.74, 6) is -19.0. The van der Waals surface area contributed by atoms with Crippen molar-refractivity contribution in [3.63, 3.8) is 0 Å². The fourth-order valence-electron chi connectivity index (χ4n) is 0.571. The number of rotatable bonds is 3. The van der Waals surface area contributed by atoms with Gasteiger partial charge in [0.15, 0.2) is 0 Å². The first kappa shape index (κ1) is 15.8. The van der Waals surface area contributed by atoms with Crippen LogP contribution in [0.4, 0.5) is 39.5 Å². The van der Waals surface area contributed by atoms with Gasteiger partial charge in [0.25, 0.3) is 0 Å². The molecule has 0 bridgehead atoms. The minimum Gasteiger partial charge on any atom is -0.195 e. The van der Waals surface area contributed by atoms with Crippen molar-refractivity contribution in [2.24, 2.45) is 0 Å². The van der Waals surface area contributed by atoms with Crippen LogP contribution in [0.2, 0.25) is 0 Å². The van der Waals surface area contributed by atoms with E-state index in [4.69, 9.17) is 0 Å². The fraction of sp³-hybridized carbons (Fsp3) is 0.667. The van der Waals surface area contributed by atoms with Gasteiger partial charge in [0.2, 0.25) is 0 Å². The molecule has 0 N–H and O–H groups in total.